The molecular formula is C15H23N3O5. The fraction of sp³-hybridized carbons (Fsp3) is 0.600. The van der Waals surface area contributed by atoms with Crippen LogP contribution in [-0.4, -0.2) is 73.2 Å². The zero-order valence-corrected chi connectivity index (χ0v) is 13.4. The predicted molar refractivity (Wildman–Crippen MR) is 83.6 cm³/mol. The lowest BCUT2D eigenvalue weighted by molar-refractivity contribution is -0.0611. The number of aliphatic hydroxyl groups is 1. The second kappa shape index (κ2) is 8.66. The van der Waals surface area contributed by atoms with Gasteiger partial charge in [-0.1, -0.05) is 0 Å². The molecule has 2 N–H and O–H groups in total. The van der Waals surface area contributed by atoms with Gasteiger partial charge in [0.2, 0.25) is 5.88 Å². The molecular weight excluding hydrogens is 302 g/mol. The van der Waals surface area contributed by atoms with Crippen LogP contribution < -0.4 is 10.1 Å². The average Bonchev–Trinajstić information content (AvgIpc) is 2.57. The van der Waals surface area contributed by atoms with Crippen LogP contribution in [-0.2, 0) is 9.47 Å². The number of carbonyl (C=O) groups excluding carboxylic acids is 1. The summed E-state index contributed by atoms with van der Waals surface area (Å²) >= 11 is 0. The molecule has 23 heavy (non-hydrogen) atoms. The van der Waals surface area contributed by atoms with E-state index in [1.807, 2.05) is 6.92 Å². The van der Waals surface area contributed by atoms with Gasteiger partial charge in [0.1, 0.15) is 6.61 Å². The molecule has 2 rings (SSSR count). The van der Waals surface area contributed by atoms with Gasteiger partial charge in [0.25, 0.3) is 0 Å². The molecule has 0 bridgehead atoms. The van der Waals surface area contributed by atoms with Gasteiger partial charge in [0.15, 0.2) is 0 Å². The Balaban J connectivity index is 1.89. The topological polar surface area (TPSA) is 93.2 Å². The van der Waals surface area contributed by atoms with Crippen molar-refractivity contribution in [3.05, 3.63) is 18.3 Å². The van der Waals surface area contributed by atoms with Crippen LogP contribution in [0.1, 0.15) is 6.92 Å². The van der Waals surface area contributed by atoms with Crippen molar-refractivity contribution in [3.8, 4) is 5.88 Å². The number of hydrogen-bond acceptors (Lipinski definition) is 6. The number of anilines is 1. The van der Waals surface area contributed by atoms with Crippen molar-refractivity contribution in [1.29, 1.82) is 0 Å². The van der Waals surface area contributed by atoms with E-state index in [0.29, 0.717) is 37.9 Å². The van der Waals surface area contributed by atoms with Crippen LogP contribution in [0.3, 0.4) is 0 Å². The minimum Gasteiger partial charge on any atom is -0.475 e. The number of ether oxygens (including phenoxy) is 3. The van der Waals surface area contributed by atoms with Gasteiger partial charge in [-0.25, -0.2) is 9.78 Å². The van der Waals surface area contributed by atoms with Crippen molar-refractivity contribution in [2.45, 2.75) is 19.1 Å². The van der Waals surface area contributed by atoms with Crippen molar-refractivity contribution in [1.82, 2.24) is 9.88 Å². The summed E-state index contributed by atoms with van der Waals surface area (Å²) in [5.41, 5.74) is 0.577. The minimum absolute atomic E-state index is 0.0533. The maximum atomic E-state index is 12.3. The number of nitrogens with zero attached hydrogens (tertiary/aromatic N) is 2. The van der Waals surface area contributed by atoms with E-state index in [1.165, 1.54) is 6.20 Å². The highest BCUT2D eigenvalue weighted by atomic mass is 16.5. The molecule has 1 aromatic heterocycles. The molecule has 1 aliphatic rings. The lowest BCUT2D eigenvalue weighted by Gasteiger charge is -2.37. The van der Waals surface area contributed by atoms with E-state index in [2.05, 4.69) is 10.3 Å². The fourth-order valence-electron chi connectivity index (χ4n) is 2.18. The van der Waals surface area contributed by atoms with Gasteiger partial charge in [-0.2, -0.15) is 0 Å². The van der Waals surface area contributed by atoms with E-state index in [0.717, 1.165) is 0 Å². The summed E-state index contributed by atoms with van der Waals surface area (Å²) in [6.07, 6.45) is 1.20. The third-order valence-electron chi connectivity index (χ3n) is 3.50. The third-order valence-corrected chi connectivity index (χ3v) is 3.50. The van der Waals surface area contributed by atoms with Crippen LogP contribution in [0.5, 0.6) is 5.88 Å². The van der Waals surface area contributed by atoms with Crippen molar-refractivity contribution < 1.29 is 24.1 Å². The molecule has 1 saturated heterocycles. The molecule has 8 heteroatoms. The van der Waals surface area contributed by atoms with Crippen LogP contribution in [0.15, 0.2) is 18.3 Å². The Morgan fingerprint density at radius 1 is 1.52 bits per heavy atom. The van der Waals surface area contributed by atoms with Gasteiger partial charge in [0.05, 0.1) is 50.4 Å². The molecule has 0 aliphatic carbocycles. The van der Waals surface area contributed by atoms with Crippen LogP contribution in [0, 0.1) is 0 Å². The Bertz CT molecular complexity index is 496. The van der Waals surface area contributed by atoms with E-state index in [4.69, 9.17) is 19.3 Å². The average molecular weight is 325 g/mol. The summed E-state index contributed by atoms with van der Waals surface area (Å²) in [6, 6.07) is 3.11. The van der Waals surface area contributed by atoms with Crippen molar-refractivity contribution in [3.63, 3.8) is 0 Å². The summed E-state index contributed by atoms with van der Waals surface area (Å²) in [4.78, 5) is 18.1. The molecule has 2 heterocycles. The number of rotatable bonds is 6. The number of pyridine rings is 1. The summed E-state index contributed by atoms with van der Waals surface area (Å²) < 4.78 is 15.7. The first-order chi connectivity index (χ1) is 11.1. The number of methoxy groups -OCH3 is 1. The SMILES string of the molecule is COCCOc1ccc(NC(=O)N2CC(CO)OCC2C)cn1. The minimum atomic E-state index is -0.341. The summed E-state index contributed by atoms with van der Waals surface area (Å²) in [7, 11) is 1.60. The second-order valence-electron chi connectivity index (χ2n) is 5.30. The number of amides is 2. The number of nitrogens with one attached hydrogen (secondary N) is 1. The molecule has 0 aromatic carbocycles. The van der Waals surface area contributed by atoms with Crippen LogP contribution in [0.25, 0.3) is 0 Å². The van der Waals surface area contributed by atoms with Crippen LogP contribution in [0.4, 0.5) is 10.5 Å². The van der Waals surface area contributed by atoms with Crippen LogP contribution >= 0.6 is 0 Å². The highest BCUT2D eigenvalue weighted by Gasteiger charge is 2.29. The van der Waals surface area contributed by atoms with E-state index in [9.17, 15) is 4.79 Å². The zero-order valence-electron chi connectivity index (χ0n) is 13.4. The molecule has 0 radical (unpaired) electrons. The largest absolute Gasteiger partial charge is 0.475 e. The number of aliphatic hydroxyl groups excluding tert-OH is 1. The lowest BCUT2D eigenvalue weighted by atomic mass is 10.2. The Kier molecular flexibility index (Phi) is 6.57. The van der Waals surface area contributed by atoms with Gasteiger partial charge in [-0.15, -0.1) is 0 Å². The maximum absolute atomic E-state index is 12.3. The molecule has 1 aromatic rings. The first kappa shape index (κ1) is 17.5. The monoisotopic (exact) mass is 325 g/mol. The zero-order chi connectivity index (χ0) is 16.7. The maximum Gasteiger partial charge on any atom is 0.322 e. The van der Waals surface area contributed by atoms with Crippen molar-refractivity contribution >= 4 is 11.7 Å². The molecule has 2 amide bonds. The number of urea groups is 1. The normalized spacial score (nSPS) is 21.1. The Morgan fingerprint density at radius 2 is 2.35 bits per heavy atom. The van der Waals surface area contributed by atoms with Crippen molar-refractivity contribution in [2.24, 2.45) is 0 Å². The van der Waals surface area contributed by atoms with E-state index in [-0.39, 0.29) is 24.8 Å². The molecule has 0 saturated carbocycles. The summed E-state index contributed by atoms with van der Waals surface area (Å²) in [5, 5.41) is 12.0. The fourth-order valence-corrected chi connectivity index (χ4v) is 2.18. The first-order valence-electron chi connectivity index (χ1n) is 7.52. The van der Waals surface area contributed by atoms with Crippen molar-refractivity contribution in [2.75, 3.05) is 45.4 Å². The van der Waals surface area contributed by atoms with Crippen LogP contribution in [0.2, 0.25) is 0 Å². The molecule has 1 fully saturated rings. The van der Waals surface area contributed by atoms with Gasteiger partial charge in [-0.3, -0.25) is 0 Å². The van der Waals surface area contributed by atoms with Gasteiger partial charge >= 0.3 is 6.03 Å². The quantitative estimate of drug-likeness (QED) is 0.749. The Morgan fingerprint density at radius 3 is 3.00 bits per heavy atom. The standard InChI is InChI=1S/C15H23N3O5/c1-11-10-23-13(9-19)8-18(11)15(20)17-12-3-4-14(16-7-12)22-6-5-21-2/h3-4,7,11,13,19H,5-6,8-10H2,1-2H3,(H,17,20). The second-order valence-corrected chi connectivity index (χ2v) is 5.30. The smallest absolute Gasteiger partial charge is 0.322 e. The predicted octanol–water partition coefficient (Wildman–Crippen LogP) is 0.720. The summed E-state index contributed by atoms with van der Waals surface area (Å²) in [6.45, 7) is 3.46. The first-order valence-corrected chi connectivity index (χ1v) is 7.52. The Labute approximate surface area is 135 Å². The van der Waals surface area contributed by atoms with Gasteiger partial charge in [0, 0.05) is 13.2 Å². The molecule has 2 unspecified atom stereocenters. The lowest BCUT2D eigenvalue weighted by Crippen LogP contribution is -2.53. The molecule has 2 atom stereocenters. The number of hydrogen-bond donors (Lipinski definition) is 2. The summed E-state index contributed by atoms with van der Waals surface area (Å²) in [5.74, 6) is 0.472. The van der Waals surface area contributed by atoms with E-state index >= 15 is 0 Å². The molecule has 8 nitrogen and oxygen atoms in total. The third kappa shape index (κ3) is 5.05. The molecule has 128 valence electrons. The molecule has 0 spiro atoms. The highest BCUT2D eigenvalue weighted by Crippen LogP contribution is 2.16. The van der Waals surface area contributed by atoms with E-state index in [1.54, 1.807) is 24.1 Å². The Hall–Kier alpha value is -1.90. The van der Waals surface area contributed by atoms with E-state index < -0.39 is 0 Å². The number of morpholine rings is 1. The van der Waals surface area contributed by atoms with Gasteiger partial charge < -0.3 is 29.5 Å². The highest BCUT2D eigenvalue weighted by molar-refractivity contribution is 5.89. The number of carbonyl (C=O) groups is 1. The number of aromatic nitrogens is 1. The van der Waals surface area contributed by atoms with Gasteiger partial charge in [-0.05, 0) is 13.0 Å². The molecule has 1 aliphatic heterocycles.